The molecular weight excluding hydrogens is 416 g/mol. The number of hydrogen-bond acceptors (Lipinski definition) is 8. The maximum atomic E-state index is 13.1. The predicted octanol–water partition coefficient (Wildman–Crippen LogP) is -0.298. The smallest absolute Gasteiger partial charge is 0.262 e. The molecular formula is C22H28N4O6. The Morgan fingerprint density at radius 1 is 1.19 bits per heavy atom. The minimum atomic E-state index is -0.971. The van der Waals surface area contributed by atoms with Crippen LogP contribution >= 0.6 is 0 Å². The standard InChI is InChI=1S/C22H28N4O6/c23-13-22(6-9-31-10-7-22)32-11-8-24-12-14-2-1-3-15-18(14)21(30)26(20(15)29)16-4-5-17(27)25-19(16)28/h1-3,16,24H,4-13,23H2,(H,25,27,28). The molecule has 3 heterocycles. The molecule has 1 unspecified atom stereocenters. The molecule has 2 fully saturated rings. The van der Waals surface area contributed by atoms with Crippen molar-refractivity contribution >= 4 is 23.6 Å². The first-order valence-electron chi connectivity index (χ1n) is 10.9. The summed E-state index contributed by atoms with van der Waals surface area (Å²) in [5.41, 5.74) is 6.81. The Morgan fingerprint density at radius 2 is 1.97 bits per heavy atom. The number of nitrogens with one attached hydrogen (secondary N) is 2. The summed E-state index contributed by atoms with van der Waals surface area (Å²) < 4.78 is 11.4. The zero-order chi connectivity index (χ0) is 22.7. The zero-order valence-corrected chi connectivity index (χ0v) is 17.9. The Hall–Kier alpha value is -2.66. The molecule has 10 nitrogen and oxygen atoms in total. The molecule has 4 N–H and O–H groups in total. The van der Waals surface area contributed by atoms with Crippen LogP contribution in [-0.4, -0.2) is 73.1 Å². The van der Waals surface area contributed by atoms with E-state index in [9.17, 15) is 19.2 Å². The molecule has 0 aliphatic carbocycles. The van der Waals surface area contributed by atoms with Crippen LogP contribution in [0.1, 0.15) is 52.0 Å². The lowest BCUT2D eigenvalue weighted by Gasteiger charge is -2.36. The molecule has 0 spiro atoms. The monoisotopic (exact) mass is 444 g/mol. The van der Waals surface area contributed by atoms with Crippen molar-refractivity contribution in [3.05, 3.63) is 34.9 Å². The van der Waals surface area contributed by atoms with Gasteiger partial charge in [-0.1, -0.05) is 12.1 Å². The van der Waals surface area contributed by atoms with Gasteiger partial charge in [0.25, 0.3) is 11.8 Å². The lowest BCUT2D eigenvalue weighted by molar-refractivity contribution is -0.136. The molecule has 3 aliphatic rings. The van der Waals surface area contributed by atoms with Crippen molar-refractivity contribution in [1.82, 2.24) is 15.5 Å². The van der Waals surface area contributed by atoms with E-state index in [1.807, 2.05) is 0 Å². The normalized spacial score (nSPS) is 22.8. The van der Waals surface area contributed by atoms with Crippen LogP contribution in [0, 0.1) is 0 Å². The topological polar surface area (TPSA) is 140 Å². The third-order valence-electron chi connectivity index (χ3n) is 6.33. The summed E-state index contributed by atoms with van der Waals surface area (Å²) in [5.74, 6) is -2.02. The van der Waals surface area contributed by atoms with Gasteiger partial charge in [0, 0.05) is 52.1 Å². The second kappa shape index (κ2) is 9.45. The van der Waals surface area contributed by atoms with E-state index in [1.54, 1.807) is 18.2 Å². The molecule has 4 amide bonds. The molecule has 0 saturated carbocycles. The summed E-state index contributed by atoms with van der Waals surface area (Å²) in [7, 11) is 0. The molecule has 0 aromatic heterocycles. The van der Waals surface area contributed by atoms with Gasteiger partial charge in [0.2, 0.25) is 11.8 Å². The fourth-order valence-electron chi connectivity index (χ4n) is 4.45. The second-order valence-corrected chi connectivity index (χ2v) is 8.31. The minimum Gasteiger partial charge on any atom is -0.381 e. The van der Waals surface area contributed by atoms with Gasteiger partial charge in [0.15, 0.2) is 0 Å². The number of rotatable bonds is 8. The number of ether oxygens (including phenoxy) is 2. The van der Waals surface area contributed by atoms with Gasteiger partial charge in [0.05, 0.1) is 23.3 Å². The summed E-state index contributed by atoms with van der Waals surface area (Å²) in [6, 6.07) is 4.12. The molecule has 1 atom stereocenters. The van der Waals surface area contributed by atoms with E-state index >= 15 is 0 Å². The molecule has 0 radical (unpaired) electrons. The van der Waals surface area contributed by atoms with Crippen LogP contribution in [-0.2, 0) is 25.6 Å². The van der Waals surface area contributed by atoms with Gasteiger partial charge in [-0.2, -0.15) is 0 Å². The maximum Gasteiger partial charge on any atom is 0.262 e. The van der Waals surface area contributed by atoms with Gasteiger partial charge in [-0.05, 0) is 18.1 Å². The van der Waals surface area contributed by atoms with Gasteiger partial charge >= 0.3 is 0 Å². The van der Waals surface area contributed by atoms with Crippen molar-refractivity contribution in [3.63, 3.8) is 0 Å². The average Bonchev–Trinajstić information content (AvgIpc) is 3.05. The maximum absolute atomic E-state index is 13.1. The van der Waals surface area contributed by atoms with Crippen molar-refractivity contribution in [3.8, 4) is 0 Å². The number of fused-ring (bicyclic) bond motifs is 1. The van der Waals surface area contributed by atoms with Gasteiger partial charge in [-0.3, -0.25) is 29.4 Å². The SMILES string of the molecule is NCC1(OCCNCc2cccc3c2C(=O)N(C2CCC(=O)NC2=O)C3=O)CCOCC1. The zero-order valence-electron chi connectivity index (χ0n) is 17.9. The van der Waals surface area contributed by atoms with Gasteiger partial charge in [-0.15, -0.1) is 0 Å². The van der Waals surface area contributed by atoms with E-state index in [1.165, 1.54) is 0 Å². The number of carbonyl (C=O) groups excluding carboxylic acids is 4. The number of carbonyl (C=O) groups is 4. The lowest BCUT2D eigenvalue weighted by atomic mass is 9.94. The number of imide groups is 2. The van der Waals surface area contributed by atoms with Crippen LogP contribution < -0.4 is 16.4 Å². The highest BCUT2D eigenvalue weighted by molar-refractivity contribution is 6.24. The summed E-state index contributed by atoms with van der Waals surface area (Å²) in [6.07, 6.45) is 1.76. The van der Waals surface area contributed by atoms with Crippen molar-refractivity contribution in [2.24, 2.45) is 5.73 Å². The number of hydrogen-bond donors (Lipinski definition) is 3. The summed E-state index contributed by atoms with van der Waals surface area (Å²) in [6.45, 7) is 3.09. The Balaban J connectivity index is 1.38. The fourth-order valence-corrected chi connectivity index (χ4v) is 4.45. The first kappa shape index (κ1) is 22.5. The number of amides is 4. The fraction of sp³-hybridized carbons (Fsp3) is 0.545. The van der Waals surface area contributed by atoms with Crippen molar-refractivity contribution in [2.75, 3.05) is 32.9 Å². The van der Waals surface area contributed by atoms with Crippen LogP contribution in [0.2, 0.25) is 0 Å². The number of piperidine rings is 1. The molecule has 32 heavy (non-hydrogen) atoms. The molecule has 172 valence electrons. The summed E-state index contributed by atoms with van der Waals surface area (Å²) in [5, 5.41) is 5.46. The van der Waals surface area contributed by atoms with Gasteiger partial charge < -0.3 is 20.5 Å². The van der Waals surface area contributed by atoms with E-state index < -0.39 is 29.7 Å². The van der Waals surface area contributed by atoms with Crippen LogP contribution in [0.15, 0.2) is 18.2 Å². The van der Waals surface area contributed by atoms with E-state index in [4.69, 9.17) is 15.2 Å². The predicted molar refractivity (Wildman–Crippen MR) is 113 cm³/mol. The van der Waals surface area contributed by atoms with Crippen molar-refractivity contribution < 1.29 is 28.7 Å². The molecule has 1 aromatic carbocycles. The highest BCUT2D eigenvalue weighted by Crippen LogP contribution is 2.30. The Labute approximate surface area is 185 Å². The number of nitrogens with zero attached hydrogens (tertiary/aromatic N) is 1. The quantitative estimate of drug-likeness (QED) is 0.367. The van der Waals surface area contributed by atoms with Gasteiger partial charge in [-0.25, -0.2) is 0 Å². The van der Waals surface area contributed by atoms with Gasteiger partial charge in [0.1, 0.15) is 6.04 Å². The first-order chi connectivity index (χ1) is 15.5. The molecule has 4 rings (SSSR count). The molecule has 0 bridgehead atoms. The number of benzene rings is 1. The second-order valence-electron chi connectivity index (χ2n) is 8.31. The number of nitrogens with two attached hydrogens (primary N) is 1. The third kappa shape index (κ3) is 4.31. The Morgan fingerprint density at radius 3 is 2.69 bits per heavy atom. The van der Waals surface area contributed by atoms with Crippen molar-refractivity contribution in [2.45, 2.75) is 43.9 Å². The van der Waals surface area contributed by atoms with Crippen LogP contribution in [0.5, 0.6) is 0 Å². The minimum absolute atomic E-state index is 0.0919. The highest BCUT2D eigenvalue weighted by Gasteiger charge is 2.45. The summed E-state index contributed by atoms with van der Waals surface area (Å²) >= 11 is 0. The lowest BCUT2D eigenvalue weighted by Crippen LogP contribution is -2.54. The summed E-state index contributed by atoms with van der Waals surface area (Å²) in [4.78, 5) is 50.6. The van der Waals surface area contributed by atoms with Crippen LogP contribution in [0.4, 0.5) is 0 Å². The molecule has 1 aromatic rings. The van der Waals surface area contributed by atoms with Crippen LogP contribution in [0.3, 0.4) is 0 Å². The average molecular weight is 444 g/mol. The molecule has 2 saturated heterocycles. The van der Waals surface area contributed by atoms with E-state index in [0.717, 1.165) is 17.7 Å². The third-order valence-corrected chi connectivity index (χ3v) is 6.33. The highest BCUT2D eigenvalue weighted by atomic mass is 16.5. The molecule has 3 aliphatic heterocycles. The van der Waals surface area contributed by atoms with Crippen molar-refractivity contribution in [1.29, 1.82) is 0 Å². The first-order valence-corrected chi connectivity index (χ1v) is 10.9. The van der Waals surface area contributed by atoms with Crippen LogP contribution in [0.25, 0.3) is 0 Å². The van der Waals surface area contributed by atoms with E-state index in [0.29, 0.717) is 50.6 Å². The molecule has 10 heteroatoms. The van der Waals surface area contributed by atoms with E-state index in [-0.39, 0.29) is 24.0 Å². The Bertz CT molecular complexity index is 927. The Kier molecular flexibility index (Phi) is 6.66. The largest absolute Gasteiger partial charge is 0.381 e. The van der Waals surface area contributed by atoms with E-state index in [2.05, 4.69) is 10.6 Å².